The Labute approximate surface area is 135 Å². The number of anilines is 1. The highest BCUT2D eigenvalue weighted by atomic mass is 127. The summed E-state index contributed by atoms with van der Waals surface area (Å²) < 4.78 is 1.68. The fourth-order valence-electron chi connectivity index (χ4n) is 1.68. The molecule has 0 atom stereocenters. The molecule has 7 heteroatoms. The van der Waals surface area contributed by atoms with Crippen molar-refractivity contribution in [1.82, 2.24) is 14.8 Å². The molecule has 0 aliphatic heterocycles. The Bertz CT molecular complexity index is 578. The number of hydrogen-bond acceptors (Lipinski definition) is 3. The SMILES string of the molecule is CCc1cccc(NC(N)=NCc2ncnn2C)c1.I. The molecule has 0 fully saturated rings. The van der Waals surface area contributed by atoms with Crippen LogP contribution in [0.3, 0.4) is 0 Å². The van der Waals surface area contributed by atoms with E-state index in [4.69, 9.17) is 5.73 Å². The lowest BCUT2D eigenvalue weighted by atomic mass is 10.1. The first-order valence-corrected chi connectivity index (χ1v) is 6.17. The maximum absolute atomic E-state index is 5.85. The molecule has 6 nitrogen and oxygen atoms in total. The summed E-state index contributed by atoms with van der Waals surface area (Å²) in [5.74, 6) is 1.14. The maximum Gasteiger partial charge on any atom is 0.193 e. The van der Waals surface area contributed by atoms with E-state index in [1.165, 1.54) is 11.9 Å². The number of aliphatic imine (C=N–C) groups is 1. The number of rotatable bonds is 4. The van der Waals surface area contributed by atoms with E-state index in [1.807, 2.05) is 19.2 Å². The van der Waals surface area contributed by atoms with Crippen molar-refractivity contribution in [2.75, 3.05) is 5.32 Å². The summed E-state index contributed by atoms with van der Waals surface area (Å²) in [5, 5.41) is 7.05. The molecule has 0 saturated carbocycles. The van der Waals surface area contributed by atoms with Gasteiger partial charge < -0.3 is 11.1 Å². The number of halogens is 1. The highest BCUT2D eigenvalue weighted by molar-refractivity contribution is 14.0. The van der Waals surface area contributed by atoms with Gasteiger partial charge in [0.25, 0.3) is 0 Å². The van der Waals surface area contributed by atoms with Crippen LogP contribution in [0.15, 0.2) is 35.6 Å². The number of benzene rings is 1. The summed E-state index contributed by atoms with van der Waals surface area (Å²) in [6, 6.07) is 8.10. The van der Waals surface area contributed by atoms with Gasteiger partial charge in [0.05, 0.1) is 0 Å². The predicted molar refractivity (Wildman–Crippen MR) is 91.2 cm³/mol. The second-order valence-corrected chi connectivity index (χ2v) is 4.18. The third-order valence-corrected chi connectivity index (χ3v) is 2.80. The van der Waals surface area contributed by atoms with Crippen LogP contribution < -0.4 is 11.1 Å². The van der Waals surface area contributed by atoms with Gasteiger partial charge in [0.15, 0.2) is 5.96 Å². The van der Waals surface area contributed by atoms with E-state index in [2.05, 4.69) is 39.4 Å². The summed E-state index contributed by atoms with van der Waals surface area (Å²) in [6.07, 6.45) is 2.49. The van der Waals surface area contributed by atoms with Crippen LogP contribution in [-0.2, 0) is 20.0 Å². The lowest BCUT2D eigenvalue weighted by Gasteiger charge is -2.07. The van der Waals surface area contributed by atoms with Crippen molar-refractivity contribution < 1.29 is 0 Å². The third-order valence-electron chi connectivity index (χ3n) is 2.80. The molecule has 0 spiro atoms. The molecule has 0 unspecified atom stereocenters. The van der Waals surface area contributed by atoms with Gasteiger partial charge in [-0.25, -0.2) is 9.98 Å². The van der Waals surface area contributed by atoms with Crippen LogP contribution in [0, 0.1) is 0 Å². The average molecular weight is 386 g/mol. The summed E-state index contributed by atoms with van der Waals surface area (Å²) in [7, 11) is 1.83. The van der Waals surface area contributed by atoms with Gasteiger partial charge in [-0.05, 0) is 24.1 Å². The minimum Gasteiger partial charge on any atom is -0.370 e. The Kier molecular flexibility index (Phi) is 6.43. The van der Waals surface area contributed by atoms with Gasteiger partial charge in [-0.1, -0.05) is 19.1 Å². The fourth-order valence-corrected chi connectivity index (χ4v) is 1.68. The molecule has 0 aliphatic carbocycles. The van der Waals surface area contributed by atoms with E-state index >= 15 is 0 Å². The standard InChI is InChI=1S/C13H18N6.HI/c1-3-10-5-4-6-11(7-10)18-13(14)15-8-12-16-9-17-19(12)2;/h4-7,9H,3,8H2,1-2H3,(H3,14,15,18);1H. The van der Waals surface area contributed by atoms with Gasteiger partial charge in [0, 0.05) is 12.7 Å². The molecule has 3 N–H and O–H groups in total. The van der Waals surface area contributed by atoms with Gasteiger partial charge in [-0.2, -0.15) is 5.10 Å². The zero-order chi connectivity index (χ0) is 13.7. The Morgan fingerprint density at radius 2 is 2.25 bits per heavy atom. The van der Waals surface area contributed by atoms with Crippen LogP contribution >= 0.6 is 24.0 Å². The molecule has 1 heterocycles. The largest absolute Gasteiger partial charge is 0.370 e. The number of nitrogens with one attached hydrogen (secondary N) is 1. The summed E-state index contributed by atoms with van der Waals surface area (Å²) >= 11 is 0. The molecular formula is C13H19IN6. The molecule has 1 aromatic heterocycles. The smallest absolute Gasteiger partial charge is 0.193 e. The van der Waals surface area contributed by atoms with E-state index in [0.717, 1.165) is 17.9 Å². The minimum atomic E-state index is 0. The van der Waals surface area contributed by atoms with Gasteiger partial charge in [0.2, 0.25) is 0 Å². The molecule has 20 heavy (non-hydrogen) atoms. The van der Waals surface area contributed by atoms with Gasteiger partial charge in [-0.15, -0.1) is 24.0 Å². The van der Waals surface area contributed by atoms with Gasteiger partial charge in [0.1, 0.15) is 18.7 Å². The summed E-state index contributed by atoms with van der Waals surface area (Å²) in [6.45, 7) is 2.52. The topological polar surface area (TPSA) is 81.1 Å². The van der Waals surface area contributed by atoms with Crippen molar-refractivity contribution in [3.8, 4) is 0 Å². The lowest BCUT2D eigenvalue weighted by molar-refractivity contribution is 0.702. The highest BCUT2D eigenvalue weighted by Gasteiger charge is 2.00. The van der Waals surface area contributed by atoms with Crippen LogP contribution in [0.2, 0.25) is 0 Å². The fraction of sp³-hybridized carbons (Fsp3) is 0.308. The molecule has 2 aromatic rings. The van der Waals surface area contributed by atoms with Crippen LogP contribution in [0.1, 0.15) is 18.3 Å². The normalized spacial score (nSPS) is 11.0. The molecule has 0 saturated heterocycles. The number of aryl methyl sites for hydroxylation is 2. The predicted octanol–water partition coefficient (Wildman–Crippen LogP) is 1.92. The van der Waals surface area contributed by atoms with Crippen molar-refractivity contribution in [2.45, 2.75) is 19.9 Å². The zero-order valence-electron chi connectivity index (χ0n) is 11.6. The Hall–Kier alpha value is -1.64. The van der Waals surface area contributed by atoms with Crippen LogP contribution in [0.25, 0.3) is 0 Å². The number of hydrogen-bond donors (Lipinski definition) is 2. The first-order valence-electron chi connectivity index (χ1n) is 6.17. The molecular weight excluding hydrogens is 367 g/mol. The minimum absolute atomic E-state index is 0. The number of aromatic nitrogens is 3. The van der Waals surface area contributed by atoms with Crippen LogP contribution in [0.4, 0.5) is 5.69 Å². The lowest BCUT2D eigenvalue weighted by Crippen LogP contribution is -2.22. The monoisotopic (exact) mass is 386 g/mol. The van der Waals surface area contributed by atoms with E-state index in [9.17, 15) is 0 Å². The zero-order valence-corrected chi connectivity index (χ0v) is 13.9. The molecule has 1 aromatic carbocycles. The molecule has 0 amide bonds. The molecule has 0 bridgehead atoms. The van der Waals surface area contributed by atoms with Gasteiger partial charge >= 0.3 is 0 Å². The highest BCUT2D eigenvalue weighted by Crippen LogP contribution is 2.10. The first kappa shape index (κ1) is 16.4. The summed E-state index contributed by atoms with van der Waals surface area (Å²) in [5.41, 5.74) is 8.04. The molecule has 0 radical (unpaired) electrons. The van der Waals surface area contributed by atoms with E-state index < -0.39 is 0 Å². The van der Waals surface area contributed by atoms with E-state index in [-0.39, 0.29) is 24.0 Å². The van der Waals surface area contributed by atoms with Gasteiger partial charge in [-0.3, -0.25) is 4.68 Å². The van der Waals surface area contributed by atoms with Crippen LogP contribution in [-0.4, -0.2) is 20.7 Å². The second-order valence-electron chi connectivity index (χ2n) is 4.18. The number of nitrogens with zero attached hydrogens (tertiary/aromatic N) is 4. The van der Waals surface area contributed by atoms with Crippen molar-refractivity contribution in [2.24, 2.45) is 17.8 Å². The van der Waals surface area contributed by atoms with Crippen molar-refractivity contribution in [1.29, 1.82) is 0 Å². The molecule has 2 rings (SSSR count). The third kappa shape index (κ3) is 4.48. The second kappa shape index (κ2) is 7.83. The van der Waals surface area contributed by atoms with Crippen molar-refractivity contribution >= 4 is 35.6 Å². The number of guanidine groups is 1. The van der Waals surface area contributed by atoms with E-state index in [1.54, 1.807) is 4.68 Å². The molecule has 0 aliphatic rings. The van der Waals surface area contributed by atoms with Crippen LogP contribution in [0.5, 0.6) is 0 Å². The average Bonchev–Trinajstić information content (AvgIpc) is 2.82. The van der Waals surface area contributed by atoms with E-state index in [0.29, 0.717) is 12.5 Å². The van der Waals surface area contributed by atoms with Crippen molar-refractivity contribution in [3.05, 3.63) is 42.0 Å². The first-order chi connectivity index (χ1) is 9.19. The Morgan fingerprint density at radius 1 is 1.45 bits per heavy atom. The Balaban J connectivity index is 0.00000200. The van der Waals surface area contributed by atoms with Crippen molar-refractivity contribution in [3.63, 3.8) is 0 Å². The quantitative estimate of drug-likeness (QED) is 0.478. The molecule has 108 valence electrons. The Morgan fingerprint density at radius 3 is 2.90 bits per heavy atom. The number of nitrogens with two attached hydrogens (primary N) is 1. The maximum atomic E-state index is 5.85. The summed E-state index contributed by atoms with van der Waals surface area (Å²) in [4.78, 5) is 8.32.